The van der Waals surface area contributed by atoms with Gasteiger partial charge in [-0.2, -0.15) is 0 Å². The fourth-order valence-electron chi connectivity index (χ4n) is 2.99. The Balaban J connectivity index is 1.46. The van der Waals surface area contributed by atoms with Crippen molar-refractivity contribution in [1.82, 2.24) is 20.2 Å². The smallest absolute Gasteiger partial charge is 0.148 e. The number of fused-ring (bicyclic) bond motifs is 1. The van der Waals surface area contributed by atoms with E-state index in [9.17, 15) is 4.39 Å². The van der Waals surface area contributed by atoms with Gasteiger partial charge < -0.3 is 10.3 Å². The van der Waals surface area contributed by atoms with Crippen LogP contribution in [0.2, 0.25) is 0 Å². The fourth-order valence-corrected chi connectivity index (χ4v) is 2.99. The Labute approximate surface area is 156 Å². The summed E-state index contributed by atoms with van der Waals surface area (Å²) < 4.78 is 13.1. The van der Waals surface area contributed by atoms with Gasteiger partial charge in [-0.3, -0.25) is 0 Å². The van der Waals surface area contributed by atoms with Crippen LogP contribution in [0, 0.1) is 5.82 Å². The molecule has 0 atom stereocenters. The molecule has 0 radical (unpaired) electrons. The van der Waals surface area contributed by atoms with Crippen molar-refractivity contribution in [3.05, 3.63) is 72.3 Å². The van der Waals surface area contributed by atoms with Gasteiger partial charge in [-0.15, -0.1) is 10.2 Å². The van der Waals surface area contributed by atoms with Crippen LogP contribution in [0.3, 0.4) is 0 Å². The lowest BCUT2D eigenvalue weighted by Crippen LogP contribution is -2.28. The molecule has 0 spiro atoms. The van der Waals surface area contributed by atoms with Gasteiger partial charge in [0.25, 0.3) is 0 Å². The number of nitrogens with zero attached hydrogens (tertiary/aromatic N) is 3. The molecule has 0 amide bonds. The highest BCUT2D eigenvalue weighted by molar-refractivity contribution is 5.80. The summed E-state index contributed by atoms with van der Waals surface area (Å²) in [5, 5.41) is 11.9. The molecule has 0 saturated heterocycles. The second kappa shape index (κ2) is 6.79. The second-order valence-corrected chi connectivity index (χ2v) is 7.18. The molecule has 0 bridgehead atoms. The molecule has 136 valence electrons. The van der Waals surface area contributed by atoms with Crippen LogP contribution in [-0.2, 0) is 5.41 Å². The van der Waals surface area contributed by atoms with Gasteiger partial charge in [0.15, 0.2) is 0 Å². The number of rotatable bonds is 5. The first-order valence-electron chi connectivity index (χ1n) is 8.78. The average molecular weight is 361 g/mol. The Bertz CT molecular complexity index is 1050. The summed E-state index contributed by atoms with van der Waals surface area (Å²) >= 11 is 0. The normalized spacial score (nSPS) is 11.7. The van der Waals surface area contributed by atoms with Crippen LogP contribution in [0.4, 0.5) is 10.2 Å². The third-order valence-corrected chi connectivity index (χ3v) is 4.72. The Kier molecular flexibility index (Phi) is 4.32. The summed E-state index contributed by atoms with van der Waals surface area (Å²) in [5.74, 6) is 0.480. The van der Waals surface area contributed by atoms with Gasteiger partial charge in [-0.25, -0.2) is 9.37 Å². The van der Waals surface area contributed by atoms with Crippen molar-refractivity contribution < 1.29 is 4.39 Å². The molecular weight excluding hydrogens is 341 g/mol. The number of hydrogen-bond donors (Lipinski definition) is 2. The van der Waals surface area contributed by atoms with Gasteiger partial charge >= 0.3 is 0 Å². The molecule has 0 aliphatic heterocycles. The molecule has 2 aromatic heterocycles. The Morgan fingerprint density at radius 1 is 1.00 bits per heavy atom. The van der Waals surface area contributed by atoms with Gasteiger partial charge in [0.2, 0.25) is 0 Å². The molecule has 6 heteroatoms. The highest BCUT2D eigenvalue weighted by Crippen LogP contribution is 2.25. The van der Waals surface area contributed by atoms with Gasteiger partial charge in [0.05, 0.1) is 23.1 Å². The van der Waals surface area contributed by atoms with Crippen LogP contribution in [-0.4, -0.2) is 26.7 Å². The highest BCUT2D eigenvalue weighted by atomic mass is 19.1. The van der Waals surface area contributed by atoms with E-state index in [1.807, 2.05) is 42.5 Å². The standard InChI is InChI=1S/C21H20FN5/c1-21(2,15-4-6-16(22)7-5-15)12-23-20-10-9-17(26-27-20)14-3-8-18-19(11-14)25-13-24-18/h3-11,13H,12H2,1-2H3,(H,23,27)(H,24,25). The highest BCUT2D eigenvalue weighted by Gasteiger charge is 2.20. The molecule has 2 heterocycles. The van der Waals surface area contributed by atoms with E-state index in [0.717, 1.165) is 27.9 Å². The second-order valence-electron chi connectivity index (χ2n) is 7.18. The number of H-pyrrole nitrogens is 1. The quantitative estimate of drug-likeness (QED) is 0.547. The van der Waals surface area contributed by atoms with Crippen molar-refractivity contribution >= 4 is 16.9 Å². The molecule has 2 N–H and O–H groups in total. The zero-order chi connectivity index (χ0) is 18.9. The van der Waals surface area contributed by atoms with E-state index in [2.05, 4.69) is 39.3 Å². The first-order valence-corrected chi connectivity index (χ1v) is 8.78. The predicted octanol–water partition coefficient (Wildman–Crippen LogP) is 4.55. The largest absolute Gasteiger partial charge is 0.368 e. The molecule has 4 aromatic rings. The lowest BCUT2D eigenvalue weighted by atomic mass is 9.84. The fraction of sp³-hybridized carbons (Fsp3) is 0.190. The molecule has 0 saturated carbocycles. The van der Waals surface area contributed by atoms with Crippen LogP contribution >= 0.6 is 0 Å². The topological polar surface area (TPSA) is 66.5 Å². The van der Waals surface area contributed by atoms with E-state index < -0.39 is 0 Å². The number of halogens is 1. The number of benzene rings is 2. The van der Waals surface area contributed by atoms with Crippen molar-refractivity contribution in [3.8, 4) is 11.3 Å². The van der Waals surface area contributed by atoms with Crippen LogP contribution in [0.5, 0.6) is 0 Å². The van der Waals surface area contributed by atoms with Crippen LogP contribution in [0.15, 0.2) is 60.9 Å². The number of anilines is 1. The van der Waals surface area contributed by atoms with E-state index >= 15 is 0 Å². The Hall–Kier alpha value is -3.28. The number of hydrogen-bond acceptors (Lipinski definition) is 4. The van der Waals surface area contributed by atoms with E-state index in [1.165, 1.54) is 12.1 Å². The van der Waals surface area contributed by atoms with E-state index in [0.29, 0.717) is 12.4 Å². The summed E-state index contributed by atoms with van der Waals surface area (Å²) in [6.07, 6.45) is 1.68. The van der Waals surface area contributed by atoms with Crippen molar-refractivity contribution in [2.24, 2.45) is 0 Å². The minimum Gasteiger partial charge on any atom is -0.368 e. The first kappa shape index (κ1) is 17.1. The SMILES string of the molecule is CC(C)(CNc1ccc(-c2ccc3nc[nH]c3c2)nn1)c1ccc(F)cc1. The maximum absolute atomic E-state index is 13.1. The minimum absolute atomic E-state index is 0.167. The molecule has 0 fully saturated rings. The molecule has 2 aromatic carbocycles. The van der Waals surface area contributed by atoms with Gasteiger partial charge in [0.1, 0.15) is 11.6 Å². The van der Waals surface area contributed by atoms with Gasteiger partial charge in [-0.1, -0.05) is 32.0 Å². The summed E-state index contributed by atoms with van der Waals surface area (Å²) in [4.78, 5) is 7.32. The minimum atomic E-state index is -0.225. The molecule has 0 unspecified atom stereocenters. The van der Waals surface area contributed by atoms with Gasteiger partial charge in [0, 0.05) is 17.5 Å². The lowest BCUT2D eigenvalue weighted by molar-refractivity contribution is 0.552. The van der Waals surface area contributed by atoms with Crippen LogP contribution < -0.4 is 5.32 Å². The zero-order valence-corrected chi connectivity index (χ0v) is 15.2. The summed E-state index contributed by atoms with van der Waals surface area (Å²) in [6.45, 7) is 4.87. The maximum Gasteiger partial charge on any atom is 0.148 e. The van der Waals surface area contributed by atoms with E-state index in [-0.39, 0.29) is 11.2 Å². The number of aromatic nitrogens is 4. The summed E-state index contributed by atoms with van der Waals surface area (Å²) in [6, 6.07) is 16.4. The molecule has 27 heavy (non-hydrogen) atoms. The summed E-state index contributed by atoms with van der Waals surface area (Å²) in [5.41, 5.74) is 4.58. The Morgan fingerprint density at radius 2 is 1.81 bits per heavy atom. The van der Waals surface area contributed by atoms with Crippen molar-refractivity contribution in [2.45, 2.75) is 19.3 Å². The zero-order valence-electron chi connectivity index (χ0n) is 15.2. The van der Waals surface area contributed by atoms with Crippen molar-refractivity contribution in [2.75, 3.05) is 11.9 Å². The third kappa shape index (κ3) is 3.65. The number of imidazole rings is 1. The molecular formula is C21H20FN5. The molecule has 4 rings (SSSR count). The first-order chi connectivity index (χ1) is 13.0. The molecule has 5 nitrogen and oxygen atoms in total. The monoisotopic (exact) mass is 361 g/mol. The third-order valence-electron chi connectivity index (χ3n) is 4.72. The predicted molar refractivity (Wildman–Crippen MR) is 105 cm³/mol. The van der Waals surface area contributed by atoms with Crippen molar-refractivity contribution in [1.29, 1.82) is 0 Å². The van der Waals surface area contributed by atoms with Crippen LogP contribution in [0.1, 0.15) is 19.4 Å². The lowest BCUT2D eigenvalue weighted by Gasteiger charge is -2.25. The van der Waals surface area contributed by atoms with Gasteiger partial charge in [-0.05, 0) is 42.0 Å². The van der Waals surface area contributed by atoms with E-state index in [4.69, 9.17) is 0 Å². The number of nitrogens with one attached hydrogen (secondary N) is 2. The number of aromatic amines is 1. The van der Waals surface area contributed by atoms with Crippen molar-refractivity contribution in [3.63, 3.8) is 0 Å². The molecule has 0 aliphatic rings. The average Bonchev–Trinajstić information content (AvgIpc) is 3.15. The van der Waals surface area contributed by atoms with E-state index in [1.54, 1.807) is 6.33 Å². The summed E-state index contributed by atoms with van der Waals surface area (Å²) in [7, 11) is 0. The van der Waals surface area contributed by atoms with Crippen LogP contribution in [0.25, 0.3) is 22.3 Å². The maximum atomic E-state index is 13.1. The Morgan fingerprint density at radius 3 is 2.56 bits per heavy atom. The molecule has 0 aliphatic carbocycles.